The van der Waals surface area contributed by atoms with Crippen molar-refractivity contribution < 1.29 is 0 Å². The maximum atomic E-state index is 2.40. The molecule has 116 valence electrons. The van der Waals surface area contributed by atoms with Crippen LogP contribution in [0.25, 0.3) is 32.7 Å². The summed E-state index contributed by atoms with van der Waals surface area (Å²) < 4.78 is 0. The van der Waals surface area contributed by atoms with E-state index in [9.17, 15) is 0 Å². The second-order valence-corrected chi connectivity index (χ2v) is 7.62. The van der Waals surface area contributed by atoms with Crippen molar-refractivity contribution in [2.45, 2.75) is 26.2 Å². The zero-order valence-corrected chi connectivity index (χ0v) is 14.4. The van der Waals surface area contributed by atoms with Gasteiger partial charge in [-0.25, -0.2) is 0 Å². The van der Waals surface area contributed by atoms with E-state index >= 15 is 0 Å². The lowest BCUT2D eigenvalue weighted by Gasteiger charge is -2.22. The van der Waals surface area contributed by atoms with Crippen LogP contribution in [0.2, 0.25) is 0 Å². The average molecular weight is 308 g/mol. The molecule has 0 heteroatoms. The largest absolute Gasteiger partial charge is 0.0616 e. The lowest BCUT2D eigenvalue weighted by Crippen LogP contribution is -2.14. The van der Waals surface area contributed by atoms with Gasteiger partial charge in [0, 0.05) is 5.41 Å². The van der Waals surface area contributed by atoms with Crippen LogP contribution in [0.1, 0.15) is 30.5 Å². The molecule has 0 unspecified atom stereocenters. The molecule has 0 heterocycles. The first-order valence-corrected chi connectivity index (χ1v) is 8.62. The van der Waals surface area contributed by atoms with E-state index in [0.29, 0.717) is 0 Å². The number of aryl methyl sites for hydroxylation is 1. The van der Waals surface area contributed by atoms with Gasteiger partial charge in [-0.05, 0) is 75.0 Å². The first-order valence-electron chi connectivity index (χ1n) is 8.62. The molecule has 4 aromatic carbocycles. The number of rotatable bonds is 0. The van der Waals surface area contributed by atoms with Crippen LogP contribution in [-0.4, -0.2) is 0 Å². The normalized spacial score (nSPS) is 14.8. The SMILES string of the molecule is Cc1ccc2cc3c(cc2c1)-c1cc2ccccc2cc1C3(C)C. The zero-order chi connectivity index (χ0) is 16.5. The molecule has 0 amide bonds. The Morgan fingerprint density at radius 2 is 1.12 bits per heavy atom. The molecular weight excluding hydrogens is 288 g/mol. The van der Waals surface area contributed by atoms with E-state index in [2.05, 4.69) is 87.5 Å². The molecule has 0 atom stereocenters. The summed E-state index contributed by atoms with van der Waals surface area (Å²) in [6, 6.07) is 25.0. The van der Waals surface area contributed by atoms with Crippen molar-refractivity contribution in [1.82, 2.24) is 0 Å². The number of hydrogen-bond acceptors (Lipinski definition) is 0. The van der Waals surface area contributed by atoms with E-state index in [0.717, 1.165) is 0 Å². The van der Waals surface area contributed by atoms with Gasteiger partial charge in [-0.3, -0.25) is 0 Å². The molecule has 24 heavy (non-hydrogen) atoms. The standard InChI is InChI=1S/C24H20/c1-15-8-9-18-14-23-21(12-19(18)10-15)20-11-16-6-4-5-7-17(16)13-22(20)24(23,2)3/h4-14H,1-3H3. The Morgan fingerprint density at radius 1 is 0.583 bits per heavy atom. The molecule has 0 fully saturated rings. The van der Waals surface area contributed by atoms with Crippen molar-refractivity contribution in [2.24, 2.45) is 0 Å². The highest BCUT2D eigenvalue weighted by Crippen LogP contribution is 2.50. The topological polar surface area (TPSA) is 0 Å². The minimum absolute atomic E-state index is 0.0494. The lowest BCUT2D eigenvalue weighted by molar-refractivity contribution is 0.662. The van der Waals surface area contributed by atoms with E-state index < -0.39 is 0 Å². The molecular formula is C24H20. The zero-order valence-electron chi connectivity index (χ0n) is 14.4. The molecule has 0 N–H and O–H groups in total. The van der Waals surface area contributed by atoms with Crippen molar-refractivity contribution in [3.05, 3.63) is 83.4 Å². The van der Waals surface area contributed by atoms with Crippen molar-refractivity contribution in [3.8, 4) is 11.1 Å². The minimum atomic E-state index is 0.0494. The summed E-state index contributed by atoms with van der Waals surface area (Å²) in [5, 5.41) is 5.33. The van der Waals surface area contributed by atoms with Crippen molar-refractivity contribution in [1.29, 1.82) is 0 Å². The molecule has 0 bridgehead atoms. The van der Waals surface area contributed by atoms with Crippen LogP contribution in [0, 0.1) is 6.92 Å². The fourth-order valence-corrected chi connectivity index (χ4v) is 4.28. The summed E-state index contributed by atoms with van der Waals surface area (Å²) in [4.78, 5) is 0. The molecule has 0 aromatic heterocycles. The Balaban J connectivity index is 1.90. The van der Waals surface area contributed by atoms with Crippen molar-refractivity contribution in [2.75, 3.05) is 0 Å². The molecule has 5 rings (SSSR count). The van der Waals surface area contributed by atoms with Crippen molar-refractivity contribution >= 4 is 21.5 Å². The first kappa shape index (κ1) is 13.8. The summed E-state index contributed by atoms with van der Waals surface area (Å²) in [5.74, 6) is 0. The van der Waals surface area contributed by atoms with Gasteiger partial charge >= 0.3 is 0 Å². The van der Waals surface area contributed by atoms with Crippen LogP contribution in [0.3, 0.4) is 0 Å². The second kappa shape index (κ2) is 4.48. The third-order valence-electron chi connectivity index (χ3n) is 5.65. The number of benzene rings is 4. The van der Waals surface area contributed by atoms with Crippen LogP contribution in [0.5, 0.6) is 0 Å². The number of fused-ring (bicyclic) bond motifs is 5. The molecule has 0 radical (unpaired) electrons. The Hall–Kier alpha value is -2.60. The van der Waals surface area contributed by atoms with Gasteiger partial charge in [-0.1, -0.05) is 61.9 Å². The fourth-order valence-electron chi connectivity index (χ4n) is 4.28. The van der Waals surface area contributed by atoms with Crippen LogP contribution >= 0.6 is 0 Å². The maximum Gasteiger partial charge on any atom is 0.0159 e. The predicted octanol–water partition coefficient (Wildman–Crippen LogP) is 6.61. The van der Waals surface area contributed by atoms with E-state index in [4.69, 9.17) is 0 Å². The van der Waals surface area contributed by atoms with Crippen LogP contribution in [-0.2, 0) is 5.41 Å². The third kappa shape index (κ3) is 1.74. The quantitative estimate of drug-likeness (QED) is 0.343. The summed E-state index contributed by atoms with van der Waals surface area (Å²) >= 11 is 0. The van der Waals surface area contributed by atoms with Gasteiger partial charge in [-0.2, -0.15) is 0 Å². The minimum Gasteiger partial charge on any atom is -0.0616 e. The summed E-state index contributed by atoms with van der Waals surface area (Å²) in [6.45, 7) is 6.87. The smallest absolute Gasteiger partial charge is 0.0159 e. The van der Waals surface area contributed by atoms with E-state index in [1.807, 2.05) is 0 Å². The molecule has 0 saturated heterocycles. The molecule has 0 nitrogen and oxygen atoms in total. The van der Waals surface area contributed by atoms with E-state index in [1.165, 1.54) is 49.4 Å². The van der Waals surface area contributed by atoms with Gasteiger partial charge in [0.1, 0.15) is 0 Å². The van der Waals surface area contributed by atoms with E-state index in [-0.39, 0.29) is 5.41 Å². The highest BCUT2D eigenvalue weighted by atomic mass is 14.4. The van der Waals surface area contributed by atoms with Gasteiger partial charge in [0.05, 0.1) is 0 Å². The van der Waals surface area contributed by atoms with Gasteiger partial charge < -0.3 is 0 Å². The molecule has 1 aliphatic rings. The highest BCUT2D eigenvalue weighted by Gasteiger charge is 2.35. The summed E-state index contributed by atoms with van der Waals surface area (Å²) in [6.07, 6.45) is 0. The maximum absolute atomic E-state index is 2.40. The number of hydrogen-bond donors (Lipinski definition) is 0. The molecule has 1 aliphatic carbocycles. The molecule has 0 spiro atoms. The Labute approximate surface area is 142 Å². The molecule has 0 saturated carbocycles. The Bertz CT molecular complexity index is 1130. The first-order chi connectivity index (χ1) is 11.5. The van der Waals surface area contributed by atoms with Crippen LogP contribution < -0.4 is 0 Å². The van der Waals surface area contributed by atoms with Crippen molar-refractivity contribution in [3.63, 3.8) is 0 Å². The van der Waals surface area contributed by atoms with Gasteiger partial charge in [0.2, 0.25) is 0 Å². The van der Waals surface area contributed by atoms with Crippen LogP contribution in [0.4, 0.5) is 0 Å². The second-order valence-electron chi connectivity index (χ2n) is 7.62. The molecule has 4 aromatic rings. The van der Waals surface area contributed by atoms with E-state index in [1.54, 1.807) is 0 Å². The van der Waals surface area contributed by atoms with Gasteiger partial charge in [-0.15, -0.1) is 0 Å². The van der Waals surface area contributed by atoms with Gasteiger partial charge in [0.15, 0.2) is 0 Å². The average Bonchev–Trinajstić information content (AvgIpc) is 2.78. The molecule has 0 aliphatic heterocycles. The Morgan fingerprint density at radius 3 is 1.79 bits per heavy atom. The summed E-state index contributed by atoms with van der Waals surface area (Å²) in [5.41, 5.74) is 7.06. The summed E-state index contributed by atoms with van der Waals surface area (Å²) in [7, 11) is 0. The Kier molecular flexibility index (Phi) is 2.58. The van der Waals surface area contributed by atoms with Crippen LogP contribution in [0.15, 0.2) is 66.7 Å². The highest BCUT2D eigenvalue weighted by molar-refractivity contribution is 5.98. The van der Waals surface area contributed by atoms with Gasteiger partial charge in [0.25, 0.3) is 0 Å². The third-order valence-corrected chi connectivity index (χ3v) is 5.65. The lowest BCUT2D eigenvalue weighted by atomic mass is 9.81. The fraction of sp³-hybridized carbons (Fsp3) is 0.167. The predicted molar refractivity (Wildman–Crippen MR) is 104 cm³/mol. The monoisotopic (exact) mass is 308 g/mol.